The second-order valence-corrected chi connectivity index (χ2v) is 4.69. The first kappa shape index (κ1) is 12.1. The molecule has 0 aliphatic heterocycles. The minimum Gasteiger partial charge on any atom is -0.397 e. The monoisotopic (exact) mass is 266 g/mol. The van der Waals surface area contributed by atoms with Crippen LogP contribution in [-0.2, 0) is 0 Å². The van der Waals surface area contributed by atoms with E-state index in [2.05, 4.69) is 5.32 Å². The van der Waals surface area contributed by atoms with Gasteiger partial charge >= 0.3 is 0 Å². The van der Waals surface area contributed by atoms with Crippen LogP contribution in [0.15, 0.2) is 36.4 Å². The molecular formula is C13H12Cl2N2. The highest BCUT2D eigenvalue weighted by atomic mass is 35.5. The highest BCUT2D eigenvalue weighted by molar-refractivity contribution is 6.35. The molecule has 2 nitrogen and oxygen atoms in total. The molecule has 0 radical (unpaired) electrons. The molecule has 2 aromatic rings. The molecular weight excluding hydrogens is 255 g/mol. The van der Waals surface area contributed by atoms with E-state index in [-0.39, 0.29) is 0 Å². The van der Waals surface area contributed by atoms with Crippen molar-refractivity contribution in [1.29, 1.82) is 0 Å². The van der Waals surface area contributed by atoms with Crippen LogP contribution >= 0.6 is 23.2 Å². The summed E-state index contributed by atoms with van der Waals surface area (Å²) in [5, 5.41) is 4.38. The van der Waals surface area contributed by atoms with E-state index in [4.69, 9.17) is 28.9 Å². The molecule has 0 spiro atoms. The zero-order chi connectivity index (χ0) is 12.4. The molecule has 0 fully saturated rings. The summed E-state index contributed by atoms with van der Waals surface area (Å²) < 4.78 is 0. The summed E-state index contributed by atoms with van der Waals surface area (Å²) in [6.45, 7) is 1.96. The fourth-order valence-electron chi connectivity index (χ4n) is 1.57. The maximum absolute atomic E-state index is 5.98. The molecule has 0 aliphatic carbocycles. The Labute approximate surface area is 110 Å². The van der Waals surface area contributed by atoms with Crippen LogP contribution in [0.4, 0.5) is 17.1 Å². The fourth-order valence-corrected chi connectivity index (χ4v) is 2.10. The average molecular weight is 267 g/mol. The maximum atomic E-state index is 5.98. The van der Waals surface area contributed by atoms with Crippen LogP contribution in [0.3, 0.4) is 0 Å². The molecule has 0 amide bonds. The minimum atomic E-state index is 0.589. The average Bonchev–Trinajstić information content (AvgIpc) is 2.23. The molecule has 0 aliphatic rings. The first-order valence-electron chi connectivity index (χ1n) is 5.14. The molecule has 88 valence electrons. The van der Waals surface area contributed by atoms with Crippen molar-refractivity contribution in [3.8, 4) is 0 Å². The molecule has 0 bridgehead atoms. The van der Waals surface area contributed by atoms with Crippen molar-refractivity contribution < 1.29 is 0 Å². The lowest BCUT2D eigenvalue weighted by molar-refractivity contribution is 1.45. The predicted molar refractivity (Wildman–Crippen MR) is 75.3 cm³/mol. The number of hydrogen-bond acceptors (Lipinski definition) is 2. The molecule has 0 unspecified atom stereocenters. The third-order valence-electron chi connectivity index (χ3n) is 2.47. The number of aryl methyl sites for hydroxylation is 1. The Morgan fingerprint density at radius 2 is 1.71 bits per heavy atom. The van der Waals surface area contributed by atoms with Crippen LogP contribution in [-0.4, -0.2) is 0 Å². The molecule has 17 heavy (non-hydrogen) atoms. The number of para-hydroxylation sites is 1. The second-order valence-electron chi connectivity index (χ2n) is 3.82. The van der Waals surface area contributed by atoms with Crippen LogP contribution in [0.1, 0.15) is 5.56 Å². The molecule has 0 atom stereocenters. The number of halogens is 2. The second kappa shape index (κ2) is 4.86. The summed E-state index contributed by atoms with van der Waals surface area (Å²) >= 11 is 11.9. The smallest absolute Gasteiger partial charge is 0.0620 e. The van der Waals surface area contributed by atoms with Crippen molar-refractivity contribution in [2.24, 2.45) is 0 Å². The van der Waals surface area contributed by atoms with Gasteiger partial charge in [0.05, 0.1) is 11.4 Å². The van der Waals surface area contributed by atoms with Crippen LogP contribution in [0.5, 0.6) is 0 Å². The van der Waals surface area contributed by atoms with Crippen LogP contribution < -0.4 is 11.1 Å². The van der Waals surface area contributed by atoms with Crippen LogP contribution in [0, 0.1) is 6.92 Å². The predicted octanol–water partition coefficient (Wildman–Crippen LogP) is 4.63. The van der Waals surface area contributed by atoms with Crippen molar-refractivity contribution in [1.82, 2.24) is 0 Å². The van der Waals surface area contributed by atoms with E-state index in [0.717, 1.165) is 22.6 Å². The van der Waals surface area contributed by atoms with Gasteiger partial charge in [0, 0.05) is 15.7 Å². The van der Waals surface area contributed by atoms with E-state index in [1.54, 1.807) is 18.2 Å². The van der Waals surface area contributed by atoms with Crippen molar-refractivity contribution in [2.45, 2.75) is 6.92 Å². The number of hydrogen-bond donors (Lipinski definition) is 2. The number of nitrogens with one attached hydrogen (secondary N) is 1. The Bertz CT molecular complexity index is 533. The lowest BCUT2D eigenvalue weighted by Gasteiger charge is -2.11. The van der Waals surface area contributed by atoms with Gasteiger partial charge in [-0.25, -0.2) is 0 Å². The van der Waals surface area contributed by atoms with Crippen molar-refractivity contribution in [2.75, 3.05) is 11.1 Å². The third kappa shape index (κ3) is 2.84. The molecule has 0 saturated carbocycles. The SMILES string of the molecule is Cc1cccc(Nc2cc(Cl)cc(Cl)c2)c1N. The maximum Gasteiger partial charge on any atom is 0.0620 e. The third-order valence-corrected chi connectivity index (χ3v) is 2.90. The summed E-state index contributed by atoms with van der Waals surface area (Å²) in [6.07, 6.45) is 0. The van der Waals surface area contributed by atoms with Crippen molar-refractivity contribution >= 4 is 40.3 Å². The molecule has 4 heteroatoms. The minimum absolute atomic E-state index is 0.589. The standard InChI is InChI=1S/C13H12Cl2N2/c1-8-3-2-4-12(13(8)16)17-11-6-9(14)5-10(15)7-11/h2-7,17H,16H2,1H3. The largest absolute Gasteiger partial charge is 0.397 e. The normalized spacial score (nSPS) is 10.3. The van der Waals surface area contributed by atoms with Gasteiger partial charge < -0.3 is 11.1 Å². The summed E-state index contributed by atoms with van der Waals surface area (Å²) in [6, 6.07) is 11.1. The van der Waals surface area contributed by atoms with Gasteiger partial charge in [0.15, 0.2) is 0 Å². The first-order valence-corrected chi connectivity index (χ1v) is 5.90. The van der Waals surface area contributed by atoms with Gasteiger partial charge in [-0.1, -0.05) is 35.3 Å². The Morgan fingerprint density at radius 1 is 1.06 bits per heavy atom. The lowest BCUT2D eigenvalue weighted by Crippen LogP contribution is -1.98. The van der Waals surface area contributed by atoms with E-state index in [1.165, 1.54) is 0 Å². The Kier molecular flexibility index (Phi) is 3.46. The highest BCUT2D eigenvalue weighted by Crippen LogP contribution is 2.29. The zero-order valence-electron chi connectivity index (χ0n) is 9.30. The Hall–Kier alpha value is -1.38. The number of rotatable bonds is 2. The number of benzene rings is 2. The Morgan fingerprint density at radius 3 is 2.35 bits per heavy atom. The first-order chi connectivity index (χ1) is 8.06. The van der Waals surface area contributed by atoms with Crippen molar-refractivity contribution in [3.05, 3.63) is 52.0 Å². The van der Waals surface area contributed by atoms with Gasteiger partial charge in [-0.3, -0.25) is 0 Å². The van der Waals surface area contributed by atoms with Crippen molar-refractivity contribution in [3.63, 3.8) is 0 Å². The van der Waals surface area contributed by atoms with E-state index >= 15 is 0 Å². The van der Waals surface area contributed by atoms with E-state index in [9.17, 15) is 0 Å². The molecule has 0 heterocycles. The quantitative estimate of drug-likeness (QED) is 0.778. The van der Waals surface area contributed by atoms with Gasteiger partial charge in [0.25, 0.3) is 0 Å². The van der Waals surface area contributed by atoms with Gasteiger partial charge in [-0.05, 0) is 36.8 Å². The van der Waals surface area contributed by atoms with Crippen LogP contribution in [0.25, 0.3) is 0 Å². The fraction of sp³-hybridized carbons (Fsp3) is 0.0769. The Balaban J connectivity index is 2.34. The number of nitrogens with two attached hydrogens (primary N) is 1. The highest BCUT2D eigenvalue weighted by Gasteiger charge is 2.03. The van der Waals surface area contributed by atoms with Crippen LogP contribution in [0.2, 0.25) is 10.0 Å². The lowest BCUT2D eigenvalue weighted by atomic mass is 10.1. The topological polar surface area (TPSA) is 38.0 Å². The van der Waals surface area contributed by atoms with E-state index in [0.29, 0.717) is 10.0 Å². The van der Waals surface area contributed by atoms with Gasteiger partial charge in [-0.2, -0.15) is 0 Å². The summed E-state index contributed by atoms with van der Waals surface area (Å²) in [5.41, 5.74) is 9.40. The number of anilines is 3. The summed E-state index contributed by atoms with van der Waals surface area (Å²) in [7, 11) is 0. The zero-order valence-corrected chi connectivity index (χ0v) is 10.8. The van der Waals surface area contributed by atoms with E-state index < -0.39 is 0 Å². The number of nitrogen functional groups attached to an aromatic ring is 1. The van der Waals surface area contributed by atoms with E-state index in [1.807, 2.05) is 25.1 Å². The van der Waals surface area contributed by atoms with Gasteiger partial charge in [0.1, 0.15) is 0 Å². The molecule has 2 aromatic carbocycles. The molecule has 3 N–H and O–H groups in total. The van der Waals surface area contributed by atoms with Gasteiger partial charge in [0.2, 0.25) is 0 Å². The molecule has 2 rings (SSSR count). The molecule has 0 saturated heterocycles. The summed E-state index contributed by atoms with van der Waals surface area (Å²) in [5.74, 6) is 0. The van der Waals surface area contributed by atoms with Gasteiger partial charge in [-0.15, -0.1) is 0 Å². The summed E-state index contributed by atoms with van der Waals surface area (Å²) in [4.78, 5) is 0. The molecule has 0 aromatic heterocycles.